The molecule has 2 fully saturated rings. The molecule has 0 saturated carbocycles. The number of methoxy groups -OCH3 is 1. The third-order valence-electron chi connectivity index (χ3n) is 5.72. The molecule has 2 aliphatic heterocycles. The Labute approximate surface area is 152 Å². The summed E-state index contributed by atoms with van der Waals surface area (Å²) in [6.07, 6.45) is 2.99. The van der Waals surface area contributed by atoms with E-state index in [0.717, 1.165) is 12.8 Å². The van der Waals surface area contributed by atoms with E-state index in [1.807, 2.05) is 4.90 Å². The van der Waals surface area contributed by atoms with Crippen molar-refractivity contribution in [3.8, 4) is 0 Å². The van der Waals surface area contributed by atoms with Crippen LogP contribution in [0.3, 0.4) is 0 Å². The molecule has 1 spiro atoms. The van der Waals surface area contributed by atoms with Crippen molar-refractivity contribution in [2.45, 2.75) is 58.2 Å². The quantitative estimate of drug-likeness (QED) is 0.641. The van der Waals surface area contributed by atoms with Crippen molar-refractivity contribution in [3.05, 3.63) is 0 Å². The predicted molar refractivity (Wildman–Crippen MR) is 97.6 cm³/mol. The first-order valence-corrected chi connectivity index (χ1v) is 11.0. The molecule has 0 aromatic rings. The van der Waals surface area contributed by atoms with E-state index in [1.165, 1.54) is 0 Å². The fraction of sp³-hybridized carbons (Fsp3) is 0.941. The fourth-order valence-electron chi connectivity index (χ4n) is 3.85. The number of piperidine rings is 1. The maximum Gasteiger partial charge on any atom is 0.241 e. The number of hydrogen-bond donors (Lipinski definition) is 1. The van der Waals surface area contributed by atoms with Gasteiger partial charge in [0.25, 0.3) is 0 Å². The lowest BCUT2D eigenvalue weighted by Crippen LogP contribution is -2.60. The van der Waals surface area contributed by atoms with Crippen molar-refractivity contribution in [2.75, 3.05) is 39.1 Å². The molecule has 0 radical (unpaired) electrons. The first-order valence-electron chi connectivity index (χ1n) is 9.37. The van der Waals surface area contributed by atoms with Crippen molar-refractivity contribution < 1.29 is 17.9 Å². The lowest BCUT2D eigenvalue weighted by atomic mass is 9.96. The predicted octanol–water partition coefficient (Wildman–Crippen LogP) is 1.01. The van der Waals surface area contributed by atoms with Crippen LogP contribution in [0.25, 0.3) is 0 Å². The molecule has 2 heterocycles. The summed E-state index contributed by atoms with van der Waals surface area (Å²) in [5.41, 5.74) is -0.418. The SMILES string of the molecule is CC[C@H](C)[C@@H]1NC2(CCN(S(=O)(=O)CC)CC2)N(CCCOC)C1=O. The average Bonchev–Trinajstić information content (AvgIpc) is 2.87. The molecular weight excluding hydrogens is 342 g/mol. The normalized spacial score (nSPS) is 25.7. The number of ether oxygens (including phenoxy) is 1. The van der Waals surface area contributed by atoms with Crippen LogP contribution in [0, 0.1) is 5.92 Å². The Hall–Kier alpha value is -0.700. The average molecular weight is 376 g/mol. The minimum Gasteiger partial charge on any atom is -0.385 e. The Morgan fingerprint density at radius 2 is 1.96 bits per heavy atom. The number of carbonyl (C=O) groups is 1. The van der Waals surface area contributed by atoms with Gasteiger partial charge in [0.1, 0.15) is 0 Å². The zero-order chi connectivity index (χ0) is 18.7. The number of sulfonamides is 1. The standard InChI is InChI=1S/C17H33N3O4S/c1-5-14(3)15-16(21)20(10-7-13-24-4)17(18-15)8-11-19(12-9-17)25(22,23)6-2/h14-15,18H,5-13H2,1-4H3/t14-,15-/m0/s1. The van der Waals surface area contributed by atoms with Gasteiger partial charge in [-0.2, -0.15) is 0 Å². The Morgan fingerprint density at radius 3 is 2.48 bits per heavy atom. The number of nitrogens with zero attached hydrogens (tertiary/aromatic N) is 2. The summed E-state index contributed by atoms with van der Waals surface area (Å²) in [6, 6.07) is -0.179. The van der Waals surface area contributed by atoms with E-state index in [1.54, 1.807) is 18.3 Å². The van der Waals surface area contributed by atoms with Gasteiger partial charge in [-0.15, -0.1) is 0 Å². The molecule has 146 valence electrons. The Morgan fingerprint density at radius 1 is 1.32 bits per heavy atom. The van der Waals surface area contributed by atoms with Gasteiger partial charge < -0.3 is 9.64 Å². The highest BCUT2D eigenvalue weighted by Gasteiger charge is 2.52. The molecule has 0 unspecified atom stereocenters. The van der Waals surface area contributed by atoms with Crippen LogP contribution < -0.4 is 5.32 Å². The van der Waals surface area contributed by atoms with Crippen LogP contribution in [0.5, 0.6) is 0 Å². The van der Waals surface area contributed by atoms with E-state index in [0.29, 0.717) is 39.1 Å². The third kappa shape index (κ3) is 4.18. The molecule has 2 saturated heterocycles. The Kier molecular flexibility index (Phi) is 6.87. The highest BCUT2D eigenvalue weighted by atomic mass is 32.2. The summed E-state index contributed by atoms with van der Waals surface area (Å²) in [5.74, 6) is 0.533. The molecule has 2 atom stereocenters. The van der Waals surface area contributed by atoms with E-state index in [4.69, 9.17) is 4.74 Å². The van der Waals surface area contributed by atoms with Crippen LogP contribution in [0.1, 0.15) is 46.5 Å². The summed E-state index contributed by atoms with van der Waals surface area (Å²) in [7, 11) is -1.51. The number of rotatable bonds is 8. The van der Waals surface area contributed by atoms with Crippen molar-refractivity contribution in [1.82, 2.24) is 14.5 Å². The number of nitrogens with one attached hydrogen (secondary N) is 1. The van der Waals surface area contributed by atoms with Gasteiger partial charge in [0.15, 0.2) is 0 Å². The van der Waals surface area contributed by atoms with Crippen LogP contribution in [-0.4, -0.2) is 74.3 Å². The monoisotopic (exact) mass is 375 g/mol. The third-order valence-corrected chi connectivity index (χ3v) is 7.61. The van der Waals surface area contributed by atoms with Gasteiger partial charge >= 0.3 is 0 Å². The van der Waals surface area contributed by atoms with Gasteiger partial charge in [-0.3, -0.25) is 10.1 Å². The minimum absolute atomic E-state index is 0.124. The first kappa shape index (κ1) is 20.6. The Bertz CT molecular complexity index is 558. The molecule has 2 aliphatic rings. The van der Waals surface area contributed by atoms with Crippen LogP contribution in [0.2, 0.25) is 0 Å². The highest BCUT2D eigenvalue weighted by molar-refractivity contribution is 7.89. The second-order valence-corrected chi connectivity index (χ2v) is 9.43. The molecule has 0 aromatic carbocycles. The van der Waals surface area contributed by atoms with Gasteiger partial charge in [0.05, 0.1) is 17.5 Å². The van der Waals surface area contributed by atoms with Crippen molar-refractivity contribution >= 4 is 15.9 Å². The first-order chi connectivity index (χ1) is 11.8. The van der Waals surface area contributed by atoms with Crippen LogP contribution >= 0.6 is 0 Å². The molecule has 0 aromatic heterocycles. The van der Waals surface area contributed by atoms with E-state index < -0.39 is 15.7 Å². The van der Waals surface area contributed by atoms with Crippen LogP contribution in [0.15, 0.2) is 0 Å². The van der Waals surface area contributed by atoms with Crippen LogP contribution in [-0.2, 0) is 19.6 Å². The summed E-state index contributed by atoms with van der Waals surface area (Å²) in [6.45, 7) is 8.05. The number of carbonyl (C=O) groups excluding carboxylic acids is 1. The van der Waals surface area contributed by atoms with E-state index in [-0.39, 0.29) is 23.6 Å². The van der Waals surface area contributed by atoms with E-state index in [9.17, 15) is 13.2 Å². The molecule has 2 rings (SSSR count). The van der Waals surface area contributed by atoms with Crippen LogP contribution in [0.4, 0.5) is 0 Å². The van der Waals surface area contributed by atoms with Crippen molar-refractivity contribution in [1.29, 1.82) is 0 Å². The van der Waals surface area contributed by atoms with E-state index >= 15 is 0 Å². The summed E-state index contributed by atoms with van der Waals surface area (Å²) in [4.78, 5) is 15.0. The van der Waals surface area contributed by atoms with E-state index in [2.05, 4.69) is 19.2 Å². The van der Waals surface area contributed by atoms with Gasteiger partial charge in [0.2, 0.25) is 15.9 Å². The smallest absolute Gasteiger partial charge is 0.241 e. The number of amides is 1. The molecule has 1 N–H and O–H groups in total. The maximum atomic E-state index is 13.0. The number of hydrogen-bond acceptors (Lipinski definition) is 5. The summed E-state index contributed by atoms with van der Waals surface area (Å²) in [5, 5.41) is 3.59. The zero-order valence-corrected chi connectivity index (χ0v) is 16.8. The fourth-order valence-corrected chi connectivity index (χ4v) is 4.96. The van der Waals surface area contributed by atoms with Gasteiger partial charge in [-0.25, -0.2) is 12.7 Å². The molecule has 7 nitrogen and oxygen atoms in total. The Balaban J connectivity index is 2.16. The summed E-state index contributed by atoms with van der Waals surface area (Å²) < 4.78 is 31.0. The zero-order valence-electron chi connectivity index (χ0n) is 16.0. The second-order valence-electron chi connectivity index (χ2n) is 7.17. The van der Waals surface area contributed by atoms with Crippen molar-refractivity contribution in [2.24, 2.45) is 5.92 Å². The second kappa shape index (κ2) is 8.33. The molecule has 1 amide bonds. The van der Waals surface area contributed by atoms with Gasteiger partial charge in [-0.05, 0) is 32.1 Å². The highest BCUT2D eigenvalue weighted by Crippen LogP contribution is 2.35. The van der Waals surface area contributed by atoms with Gasteiger partial charge in [-0.1, -0.05) is 20.3 Å². The molecular formula is C17H33N3O4S. The molecule has 0 aliphatic carbocycles. The maximum absolute atomic E-state index is 13.0. The summed E-state index contributed by atoms with van der Waals surface area (Å²) >= 11 is 0. The lowest BCUT2D eigenvalue weighted by Gasteiger charge is -2.44. The molecule has 8 heteroatoms. The molecule has 0 bridgehead atoms. The molecule has 25 heavy (non-hydrogen) atoms. The van der Waals surface area contributed by atoms with Gasteiger partial charge in [0, 0.05) is 33.4 Å². The van der Waals surface area contributed by atoms with Crippen molar-refractivity contribution in [3.63, 3.8) is 0 Å². The minimum atomic E-state index is -3.17. The lowest BCUT2D eigenvalue weighted by molar-refractivity contribution is -0.134. The topological polar surface area (TPSA) is 79.0 Å². The largest absolute Gasteiger partial charge is 0.385 e.